The summed E-state index contributed by atoms with van der Waals surface area (Å²) >= 11 is 2.26. The van der Waals surface area contributed by atoms with Gasteiger partial charge in [-0.3, -0.25) is 0 Å². The Bertz CT molecular complexity index is 704. The van der Waals surface area contributed by atoms with Gasteiger partial charge in [-0.15, -0.1) is 11.8 Å². The van der Waals surface area contributed by atoms with Gasteiger partial charge in [0.1, 0.15) is 11.7 Å². The van der Waals surface area contributed by atoms with E-state index in [0.717, 1.165) is 22.9 Å². The highest BCUT2D eigenvalue weighted by atomic mass is 32.2. The molecule has 1 aliphatic rings. The van der Waals surface area contributed by atoms with Gasteiger partial charge in [-0.05, 0) is 23.8 Å². The molecule has 0 saturated carbocycles. The van der Waals surface area contributed by atoms with Crippen LogP contribution in [0.4, 0.5) is 39.5 Å². The lowest BCUT2D eigenvalue weighted by Crippen LogP contribution is -2.60. The van der Waals surface area contributed by atoms with E-state index in [1.165, 1.54) is 11.8 Å². The number of aryl methyl sites for hydroxylation is 1. The van der Waals surface area contributed by atoms with Gasteiger partial charge in [-0.2, -0.15) is 51.3 Å². The number of benzene rings is 1. The molecule has 28 heavy (non-hydrogen) atoms. The molecule has 12 heteroatoms. The highest BCUT2D eigenvalue weighted by Crippen LogP contribution is 2.54. The van der Waals surface area contributed by atoms with Gasteiger partial charge in [0.2, 0.25) is 0 Å². The molecule has 1 aliphatic heterocycles. The van der Waals surface area contributed by atoms with E-state index in [9.17, 15) is 39.5 Å². The van der Waals surface area contributed by atoms with E-state index in [1.807, 2.05) is 0 Å². The Morgan fingerprint density at radius 1 is 1.00 bits per heavy atom. The molecule has 0 saturated heterocycles. The van der Waals surface area contributed by atoms with Crippen LogP contribution in [-0.4, -0.2) is 35.6 Å². The third-order valence-electron chi connectivity index (χ3n) is 3.99. The van der Waals surface area contributed by atoms with Gasteiger partial charge in [0.25, 0.3) is 0 Å². The summed E-state index contributed by atoms with van der Waals surface area (Å²) in [5.74, 6) is -17.6. The van der Waals surface area contributed by atoms with Crippen LogP contribution in [0.3, 0.4) is 0 Å². The zero-order valence-corrected chi connectivity index (χ0v) is 15.9. The van der Waals surface area contributed by atoms with E-state index < -0.39 is 36.1 Å². The Kier molecular flexibility index (Phi) is 6.74. The summed E-state index contributed by atoms with van der Waals surface area (Å²) in [6.45, 7) is 1.77. The van der Waals surface area contributed by atoms with E-state index in [0.29, 0.717) is 23.0 Å². The zero-order chi connectivity index (χ0) is 21.4. The standard InChI is InChI=1S/C16H15F9OS2/c1-9-4-10(5-11-7-28-8-26-12(9)11)6-27-3-2-13(17,18)14(19,20)15(21,22)16(23,24)25/h4-5H,2-3,6-8H2,1H3. The molecule has 0 fully saturated rings. The van der Waals surface area contributed by atoms with Crippen LogP contribution < -0.4 is 4.74 Å². The van der Waals surface area contributed by atoms with E-state index in [-0.39, 0.29) is 5.75 Å². The van der Waals surface area contributed by atoms with Crippen molar-refractivity contribution in [3.8, 4) is 5.75 Å². The monoisotopic (exact) mass is 458 g/mol. The summed E-state index contributed by atoms with van der Waals surface area (Å²) in [6, 6.07) is 3.47. The SMILES string of the molecule is Cc1cc(CSCCC(F)(F)C(F)(F)C(F)(F)C(F)(F)F)cc2c1OCSC2. The fraction of sp³-hybridized carbons (Fsp3) is 0.625. The number of rotatable bonds is 7. The van der Waals surface area contributed by atoms with E-state index in [2.05, 4.69) is 0 Å². The third-order valence-corrected chi connectivity index (χ3v) is 5.82. The van der Waals surface area contributed by atoms with Crippen molar-refractivity contribution in [2.75, 3.05) is 11.7 Å². The minimum absolute atomic E-state index is 0.107. The smallest absolute Gasteiger partial charge is 0.460 e. The molecule has 1 heterocycles. The van der Waals surface area contributed by atoms with Crippen LogP contribution in [0.15, 0.2) is 12.1 Å². The number of hydrogen-bond donors (Lipinski definition) is 0. The predicted molar refractivity (Wildman–Crippen MR) is 89.6 cm³/mol. The average Bonchev–Trinajstić information content (AvgIpc) is 2.57. The first-order chi connectivity index (χ1) is 12.7. The fourth-order valence-electron chi connectivity index (χ4n) is 2.53. The van der Waals surface area contributed by atoms with Crippen LogP contribution in [0.2, 0.25) is 0 Å². The summed E-state index contributed by atoms with van der Waals surface area (Å²) in [4.78, 5) is 0. The number of alkyl halides is 9. The Balaban J connectivity index is 1.98. The van der Waals surface area contributed by atoms with Gasteiger partial charge in [-0.1, -0.05) is 12.1 Å². The van der Waals surface area contributed by atoms with Crippen molar-refractivity contribution in [1.29, 1.82) is 0 Å². The maximum atomic E-state index is 13.5. The lowest BCUT2D eigenvalue weighted by atomic mass is 10.0. The molecule has 0 aliphatic carbocycles. The highest BCUT2D eigenvalue weighted by molar-refractivity contribution is 7.98. The molecule has 0 atom stereocenters. The van der Waals surface area contributed by atoms with E-state index in [1.54, 1.807) is 19.1 Å². The summed E-state index contributed by atoms with van der Waals surface area (Å²) in [6.07, 6.45) is -8.60. The summed E-state index contributed by atoms with van der Waals surface area (Å²) in [5, 5.41) is 0. The second kappa shape index (κ2) is 8.08. The average molecular weight is 458 g/mol. The van der Waals surface area contributed by atoms with Gasteiger partial charge < -0.3 is 4.74 Å². The number of thioether (sulfide) groups is 2. The number of hydrogen-bond acceptors (Lipinski definition) is 3. The molecule has 2 rings (SSSR count). The van der Waals surface area contributed by atoms with Gasteiger partial charge >= 0.3 is 23.9 Å². The van der Waals surface area contributed by atoms with Gasteiger partial charge in [0.05, 0.1) is 0 Å². The van der Waals surface area contributed by atoms with Crippen molar-refractivity contribution in [3.63, 3.8) is 0 Å². The van der Waals surface area contributed by atoms with Crippen LogP contribution in [0, 0.1) is 6.92 Å². The fourth-order valence-corrected chi connectivity index (χ4v) is 4.20. The summed E-state index contributed by atoms with van der Waals surface area (Å²) in [5.41, 5.74) is 2.37. The van der Waals surface area contributed by atoms with Gasteiger partial charge in [0, 0.05) is 23.5 Å². The number of fused-ring (bicyclic) bond motifs is 1. The van der Waals surface area contributed by atoms with E-state index >= 15 is 0 Å². The van der Waals surface area contributed by atoms with Crippen molar-refractivity contribution < 1.29 is 44.3 Å². The molecular weight excluding hydrogens is 443 g/mol. The maximum absolute atomic E-state index is 13.5. The van der Waals surface area contributed by atoms with Crippen LogP contribution in [0.5, 0.6) is 5.75 Å². The number of ether oxygens (including phenoxy) is 1. The van der Waals surface area contributed by atoms with Crippen molar-refractivity contribution in [3.05, 3.63) is 28.8 Å². The Morgan fingerprint density at radius 2 is 1.64 bits per heavy atom. The second-order valence-electron chi connectivity index (χ2n) is 6.17. The zero-order valence-electron chi connectivity index (χ0n) is 14.3. The topological polar surface area (TPSA) is 9.23 Å². The lowest BCUT2D eigenvalue weighted by Gasteiger charge is -2.33. The molecule has 1 aromatic carbocycles. The van der Waals surface area contributed by atoms with Crippen LogP contribution >= 0.6 is 23.5 Å². The Hall–Kier alpha value is -0.910. The minimum atomic E-state index is -6.83. The molecule has 1 nitrogen and oxygen atoms in total. The Labute approximate surface area is 163 Å². The normalized spacial score (nSPS) is 15.9. The summed E-state index contributed by atoms with van der Waals surface area (Å²) < 4.78 is 121. The van der Waals surface area contributed by atoms with Crippen molar-refractivity contribution >= 4 is 23.5 Å². The van der Waals surface area contributed by atoms with Crippen molar-refractivity contribution in [1.82, 2.24) is 0 Å². The maximum Gasteiger partial charge on any atom is 0.460 e. The van der Waals surface area contributed by atoms with Crippen LogP contribution in [0.1, 0.15) is 23.1 Å². The highest BCUT2D eigenvalue weighted by Gasteiger charge is 2.81. The predicted octanol–water partition coefficient (Wildman–Crippen LogP) is 6.67. The largest absolute Gasteiger partial charge is 0.482 e. The molecule has 0 unspecified atom stereocenters. The van der Waals surface area contributed by atoms with E-state index in [4.69, 9.17) is 4.74 Å². The van der Waals surface area contributed by atoms with Crippen molar-refractivity contribution in [2.24, 2.45) is 0 Å². The molecule has 160 valence electrons. The molecule has 0 radical (unpaired) electrons. The van der Waals surface area contributed by atoms with Crippen LogP contribution in [-0.2, 0) is 11.5 Å². The number of halogens is 9. The molecule has 0 N–H and O–H groups in total. The van der Waals surface area contributed by atoms with Crippen LogP contribution in [0.25, 0.3) is 0 Å². The molecule has 0 spiro atoms. The molecule has 0 aromatic heterocycles. The molecular formula is C16H15F9OS2. The first kappa shape index (κ1) is 23.4. The third kappa shape index (κ3) is 4.47. The second-order valence-corrected chi connectivity index (χ2v) is 8.20. The first-order valence-electron chi connectivity index (χ1n) is 7.81. The van der Waals surface area contributed by atoms with Gasteiger partial charge in [-0.25, -0.2) is 0 Å². The Morgan fingerprint density at radius 3 is 2.25 bits per heavy atom. The quantitative estimate of drug-likeness (QED) is 0.334. The van der Waals surface area contributed by atoms with Gasteiger partial charge in [0.15, 0.2) is 0 Å². The summed E-state index contributed by atoms with van der Waals surface area (Å²) in [7, 11) is 0. The lowest BCUT2D eigenvalue weighted by molar-refractivity contribution is -0.396. The minimum Gasteiger partial charge on any atom is -0.482 e. The molecule has 1 aromatic rings. The van der Waals surface area contributed by atoms with Crippen molar-refractivity contribution in [2.45, 2.75) is 48.8 Å². The molecule has 0 amide bonds. The first-order valence-corrected chi connectivity index (χ1v) is 10.1. The molecule has 0 bridgehead atoms.